The van der Waals surface area contributed by atoms with Gasteiger partial charge in [0.25, 0.3) is 0 Å². The summed E-state index contributed by atoms with van der Waals surface area (Å²) >= 11 is 0. The van der Waals surface area contributed by atoms with Gasteiger partial charge in [-0.2, -0.15) is 0 Å². The van der Waals surface area contributed by atoms with Crippen LogP contribution < -0.4 is 5.73 Å². The molecule has 1 rings (SSSR count). The lowest BCUT2D eigenvalue weighted by molar-refractivity contribution is 0.0265. The topological polar surface area (TPSA) is 38.5 Å². The number of rotatable bonds is 5. The zero-order valence-corrected chi connectivity index (χ0v) is 9.54. The van der Waals surface area contributed by atoms with Gasteiger partial charge in [0.15, 0.2) is 0 Å². The van der Waals surface area contributed by atoms with E-state index in [4.69, 9.17) is 10.5 Å². The molecular formula is C11H24N2O. The Balaban J connectivity index is 2.22. The number of ether oxygens (including phenoxy) is 1. The van der Waals surface area contributed by atoms with E-state index in [1.54, 1.807) is 0 Å². The lowest BCUT2D eigenvalue weighted by atomic mass is 10.0. The first kappa shape index (κ1) is 12.0. The summed E-state index contributed by atoms with van der Waals surface area (Å²) in [7, 11) is 1.82. The predicted molar refractivity (Wildman–Crippen MR) is 59.3 cm³/mol. The molecule has 2 N–H and O–H groups in total. The summed E-state index contributed by atoms with van der Waals surface area (Å²) in [5.74, 6) is 0.718. The molecule has 0 aromatic heterocycles. The van der Waals surface area contributed by atoms with Crippen LogP contribution in [0.15, 0.2) is 0 Å². The first-order valence-corrected chi connectivity index (χ1v) is 5.71. The Morgan fingerprint density at radius 3 is 3.00 bits per heavy atom. The molecule has 0 aromatic rings. The summed E-state index contributed by atoms with van der Waals surface area (Å²) < 4.78 is 5.40. The number of likely N-dealkylation sites (tertiary alicyclic amines) is 1. The molecule has 3 heteroatoms. The van der Waals surface area contributed by atoms with Crippen molar-refractivity contribution in [1.29, 1.82) is 0 Å². The van der Waals surface area contributed by atoms with Gasteiger partial charge in [-0.1, -0.05) is 6.92 Å². The molecule has 3 nitrogen and oxygen atoms in total. The molecule has 1 aliphatic heterocycles. The van der Waals surface area contributed by atoms with E-state index in [-0.39, 0.29) is 0 Å². The van der Waals surface area contributed by atoms with Crippen molar-refractivity contribution in [3.05, 3.63) is 0 Å². The summed E-state index contributed by atoms with van der Waals surface area (Å²) in [5, 5.41) is 0. The van der Waals surface area contributed by atoms with Crippen LogP contribution >= 0.6 is 0 Å². The first-order chi connectivity index (χ1) is 6.76. The van der Waals surface area contributed by atoms with Crippen LogP contribution in [0, 0.1) is 5.92 Å². The highest BCUT2D eigenvalue weighted by Gasteiger charge is 2.20. The third-order valence-electron chi connectivity index (χ3n) is 3.02. The van der Waals surface area contributed by atoms with Gasteiger partial charge in [-0.3, -0.25) is 0 Å². The number of hydrogen-bond acceptors (Lipinski definition) is 3. The Hall–Kier alpha value is -0.120. The number of nitrogens with zero attached hydrogens (tertiary/aromatic N) is 1. The Morgan fingerprint density at radius 1 is 1.57 bits per heavy atom. The second kappa shape index (κ2) is 6.38. The summed E-state index contributed by atoms with van der Waals surface area (Å²) in [5.41, 5.74) is 5.54. The predicted octanol–water partition coefficient (Wildman–Crippen LogP) is 1.08. The molecule has 0 spiro atoms. The Morgan fingerprint density at radius 2 is 2.36 bits per heavy atom. The van der Waals surface area contributed by atoms with Crippen molar-refractivity contribution in [1.82, 2.24) is 4.90 Å². The Labute approximate surface area is 87.6 Å². The maximum absolute atomic E-state index is 5.54. The van der Waals surface area contributed by atoms with Crippen LogP contribution in [0.1, 0.15) is 26.2 Å². The van der Waals surface area contributed by atoms with E-state index in [0.717, 1.165) is 25.4 Å². The van der Waals surface area contributed by atoms with Crippen LogP contribution in [0.4, 0.5) is 0 Å². The maximum atomic E-state index is 5.54. The highest BCUT2D eigenvalue weighted by Crippen LogP contribution is 2.14. The molecule has 0 radical (unpaired) electrons. The maximum Gasteiger partial charge on any atom is 0.0698 e. The number of nitrogens with two attached hydrogens (primary N) is 1. The largest absolute Gasteiger partial charge is 0.380 e. The van der Waals surface area contributed by atoms with Gasteiger partial charge < -0.3 is 15.4 Å². The standard InChI is InChI=1S/C11H24N2O/c1-10(5-6-12)8-13-7-3-4-11(9-13)14-2/h10-11H,3-9,12H2,1-2H3. The normalized spacial score (nSPS) is 26.4. The van der Waals surface area contributed by atoms with Crippen LogP contribution in [0.25, 0.3) is 0 Å². The van der Waals surface area contributed by atoms with Gasteiger partial charge in [-0.05, 0) is 38.3 Å². The lowest BCUT2D eigenvalue weighted by Gasteiger charge is -2.33. The molecule has 1 aliphatic rings. The Bertz CT molecular complexity index is 152. The fourth-order valence-corrected chi connectivity index (χ4v) is 2.19. The minimum Gasteiger partial charge on any atom is -0.380 e. The molecule has 2 atom stereocenters. The molecule has 1 heterocycles. The average Bonchev–Trinajstić information content (AvgIpc) is 2.18. The minimum atomic E-state index is 0.453. The minimum absolute atomic E-state index is 0.453. The average molecular weight is 200 g/mol. The second-order valence-electron chi connectivity index (χ2n) is 4.44. The molecule has 0 aromatic carbocycles. The summed E-state index contributed by atoms with van der Waals surface area (Å²) in [4.78, 5) is 2.51. The zero-order valence-electron chi connectivity index (χ0n) is 9.54. The van der Waals surface area contributed by atoms with Crippen molar-refractivity contribution >= 4 is 0 Å². The van der Waals surface area contributed by atoms with Gasteiger partial charge in [0.1, 0.15) is 0 Å². The van der Waals surface area contributed by atoms with Crippen LogP contribution in [-0.4, -0.2) is 44.3 Å². The Kier molecular flexibility index (Phi) is 5.45. The fraction of sp³-hybridized carbons (Fsp3) is 1.00. The third kappa shape index (κ3) is 3.95. The molecule has 0 amide bonds. The molecular weight excluding hydrogens is 176 g/mol. The molecule has 14 heavy (non-hydrogen) atoms. The smallest absolute Gasteiger partial charge is 0.0698 e. The first-order valence-electron chi connectivity index (χ1n) is 5.71. The van der Waals surface area contributed by atoms with Gasteiger partial charge in [0, 0.05) is 20.2 Å². The molecule has 0 saturated carbocycles. The van der Waals surface area contributed by atoms with E-state index in [1.807, 2.05) is 7.11 Å². The molecule has 2 unspecified atom stereocenters. The van der Waals surface area contributed by atoms with E-state index in [0.29, 0.717) is 6.10 Å². The van der Waals surface area contributed by atoms with E-state index < -0.39 is 0 Å². The van der Waals surface area contributed by atoms with Crippen LogP contribution in [-0.2, 0) is 4.74 Å². The molecule has 0 bridgehead atoms. The zero-order chi connectivity index (χ0) is 10.4. The number of hydrogen-bond donors (Lipinski definition) is 1. The van der Waals surface area contributed by atoms with Crippen molar-refractivity contribution in [3.63, 3.8) is 0 Å². The van der Waals surface area contributed by atoms with Crippen molar-refractivity contribution in [3.8, 4) is 0 Å². The van der Waals surface area contributed by atoms with E-state index in [1.165, 1.54) is 25.9 Å². The highest BCUT2D eigenvalue weighted by atomic mass is 16.5. The fourth-order valence-electron chi connectivity index (χ4n) is 2.19. The SMILES string of the molecule is COC1CCCN(CC(C)CCN)C1. The van der Waals surface area contributed by atoms with Gasteiger partial charge >= 0.3 is 0 Å². The number of methoxy groups -OCH3 is 1. The summed E-state index contributed by atoms with van der Waals surface area (Å²) in [6.45, 7) is 6.60. The van der Waals surface area contributed by atoms with Crippen molar-refractivity contribution in [2.24, 2.45) is 11.7 Å². The molecule has 84 valence electrons. The monoisotopic (exact) mass is 200 g/mol. The van der Waals surface area contributed by atoms with Crippen LogP contribution in [0.5, 0.6) is 0 Å². The van der Waals surface area contributed by atoms with Crippen molar-refractivity contribution in [2.45, 2.75) is 32.3 Å². The highest BCUT2D eigenvalue weighted by molar-refractivity contribution is 4.74. The van der Waals surface area contributed by atoms with Gasteiger partial charge in [-0.25, -0.2) is 0 Å². The van der Waals surface area contributed by atoms with E-state index in [9.17, 15) is 0 Å². The summed E-state index contributed by atoms with van der Waals surface area (Å²) in [6, 6.07) is 0. The van der Waals surface area contributed by atoms with Crippen LogP contribution in [0.3, 0.4) is 0 Å². The van der Waals surface area contributed by atoms with E-state index >= 15 is 0 Å². The quantitative estimate of drug-likeness (QED) is 0.722. The lowest BCUT2D eigenvalue weighted by Crippen LogP contribution is -2.41. The molecule has 1 saturated heterocycles. The van der Waals surface area contributed by atoms with Gasteiger partial charge in [0.05, 0.1) is 6.10 Å². The van der Waals surface area contributed by atoms with Crippen molar-refractivity contribution in [2.75, 3.05) is 33.3 Å². The van der Waals surface area contributed by atoms with E-state index in [2.05, 4.69) is 11.8 Å². The second-order valence-corrected chi connectivity index (χ2v) is 4.44. The molecule has 0 aliphatic carbocycles. The molecule has 1 fully saturated rings. The van der Waals surface area contributed by atoms with Gasteiger partial charge in [-0.15, -0.1) is 0 Å². The number of piperidine rings is 1. The van der Waals surface area contributed by atoms with Crippen LogP contribution in [0.2, 0.25) is 0 Å². The summed E-state index contributed by atoms with van der Waals surface area (Å²) in [6.07, 6.45) is 4.08. The van der Waals surface area contributed by atoms with Crippen molar-refractivity contribution < 1.29 is 4.74 Å². The third-order valence-corrected chi connectivity index (χ3v) is 3.02. The van der Waals surface area contributed by atoms with Gasteiger partial charge in [0.2, 0.25) is 0 Å².